The zero-order chi connectivity index (χ0) is 20.3. The van der Waals surface area contributed by atoms with Gasteiger partial charge in [0.25, 0.3) is 0 Å². The summed E-state index contributed by atoms with van der Waals surface area (Å²) in [4.78, 5) is 0. The highest BCUT2D eigenvalue weighted by molar-refractivity contribution is 5.68. The van der Waals surface area contributed by atoms with Gasteiger partial charge in [0.05, 0.1) is 41.7 Å². The van der Waals surface area contributed by atoms with E-state index >= 15 is 0 Å². The molecule has 0 amide bonds. The Morgan fingerprint density at radius 1 is 0.857 bits per heavy atom. The van der Waals surface area contributed by atoms with Crippen LogP contribution in [0.15, 0.2) is 24.3 Å². The average molecular weight is 390 g/mol. The molecule has 0 bridgehead atoms. The van der Waals surface area contributed by atoms with Crippen LogP contribution in [0, 0.1) is 6.92 Å². The summed E-state index contributed by atoms with van der Waals surface area (Å²) < 4.78 is 33.4. The van der Waals surface area contributed by atoms with Crippen LogP contribution in [-0.4, -0.2) is 46.8 Å². The molecule has 2 aromatic rings. The van der Waals surface area contributed by atoms with Gasteiger partial charge in [-0.2, -0.15) is 0 Å². The van der Waals surface area contributed by atoms with E-state index in [1.165, 1.54) is 21.3 Å². The van der Waals surface area contributed by atoms with Gasteiger partial charge in [-0.15, -0.1) is 0 Å². The maximum Gasteiger partial charge on any atom is 0.207 e. The molecule has 7 nitrogen and oxygen atoms in total. The first-order valence-electron chi connectivity index (χ1n) is 8.95. The average Bonchev–Trinajstić information content (AvgIpc) is 3.26. The van der Waals surface area contributed by atoms with Crippen molar-refractivity contribution in [1.29, 1.82) is 0 Å². The second kappa shape index (κ2) is 8.68. The molecule has 1 aliphatic rings. The highest BCUT2D eigenvalue weighted by atomic mass is 16.7. The number of aliphatic hydroxyl groups is 1. The van der Waals surface area contributed by atoms with Crippen LogP contribution < -0.4 is 18.9 Å². The van der Waals surface area contributed by atoms with Crippen LogP contribution >= 0.6 is 0 Å². The first-order valence-corrected chi connectivity index (χ1v) is 8.95. The Labute approximate surface area is 164 Å². The van der Waals surface area contributed by atoms with E-state index in [4.69, 9.17) is 28.4 Å². The van der Waals surface area contributed by atoms with Crippen molar-refractivity contribution in [3.05, 3.63) is 46.5 Å². The summed E-state index contributed by atoms with van der Waals surface area (Å²) in [7, 11) is 6.11. The number of hydrogen-bond acceptors (Lipinski definition) is 7. The number of methoxy groups -OCH3 is 4. The largest absolute Gasteiger partial charge is 0.492 e. The molecule has 28 heavy (non-hydrogen) atoms. The SMILES string of the molecule is COc1c(C)c(C(O)c2ccccc2C2OCCO2)c(OC)c(OC)c1OC. The van der Waals surface area contributed by atoms with Crippen molar-refractivity contribution in [3.63, 3.8) is 0 Å². The minimum absolute atomic E-state index is 0.354. The fourth-order valence-electron chi connectivity index (χ4n) is 3.61. The Hall–Kier alpha value is -2.48. The number of rotatable bonds is 7. The zero-order valence-electron chi connectivity index (χ0n) is 16.8. The van der Waals surface area contributed by atoms with Crippen LogP contribution in [0.2, 0.25) is 0 Å². The number of hydrogen-bond donors (Lipinski definition) is 1. The van der Waals surface area contributed by atoms with E-state index in [1.807, 2.05) is 31.2 Å². The Bertz CT molecular complexity index is 828. The number of aliphatic hydroxyl groups excluding tert-OH is 1. The van der Waals surface area contributed by atoms with Gasteiger partial charge < -0.3 is 33.5 Å². The van der Waals surface area contributed by atoms with Crippen LogP contribution in [0.3, 0.4) is 0 Å². The van der Waals surface area contributed by atoms with E-state index in [9.17, 15) is 5.11 Å². The van der Waals surface area contributed by atoms with Gasteiger partial charge in [-0.25, -0.2) is 0 Å². The quantitative estimate of drug-likeness (QED) is 0.778. The molecular formula is C21H26O7. The predicted molar refractivity (Wildman–Crippen MR) is 103 cm³/mol. The lowest BCUT2D eigenvalue weighted by Gasteiger charge is -2.26. The fraction of sp³-hybridized carbons (Fsp3) is 0.429. The van der Waals surface area contributed by atoms with E-state index in [1.54, 1.807) is 7.11 Å². The molecular weight excluding hydrogens is 364 g/mol. The lowest BCUT2D eigenvalue weighted by Crippen LogP contribution is -2.12. The third-order valence-electron chi connectivity index (χ3n) is 4.86. The molecule has 1 N–H and O–H groups in total. The first kappa shape index (κ1) is 20.3. The monoisotopic (exact) mass is 390 g/mol. The molecule has 0 aromatic heterocycles. The minimum Gasteiger partial charge on any atom is -0.492 e. The Morgan fingerprint density at radius 2 is 1.39 bits per heavy atom. The van der Waals surface area contributed by atoms with Crippen molar-refractivity contribution in [2.24, 2.45) is 0 Å². The van der Waals surface area contributed by atoms with Gasteiger partial charge >= 0.3 is 0 Å². The van der Waals surface area contributed by atoms with Crippen molar-refractivity contribution in [2.45, 2.75) is 19.3 Å². The molecule has 0 saturated carbocycles. The molecule has 152 valence electrons. The van der Waals surface area contributed by atoms with Crippen LogP contribution in [-0.2, 0) is 9.47 Å². The standard InChI is InChI=1S/C21H26O7/c1-12-15(18(24-3)20(26-5)19(25-4)17(12)23-2)16(22)13-8-6-7-9-14(13)21-27-10-11-28-21/h6-9,16,21-22H,10-11H2,1-5H3. The lowest BCUT2D eigenvalue weighted by molar-refractivity contribution is -0.0457. The van der Waals surface area contributed by atoms with Crippen molar-refractivity contribution in [3.8, 4) is 23.0 Å². The van der Waals surface area contributed by atoms with Gasteiger partial charge in [0.1, 0.15) is 6.10 Å². The smallest absolute Gasteiger partial charge is 0.207 e. The Balaban J connectivity index is 2.21. The maximum absolute atomic E-state index is 11.4. The number of benzene rings is 2. The molecule has 1 unspecified atom stereocenters. The molecule has 1 aliphatic heterocycles. The molecule has 0 radical (unpaired) electrons. The summed E-state index contributed by atoms with van der Waals surface area (Å²) >= 11 is 0. The lowest BCUT2D eigenvalue weighted by atomic mass is 9.91. The summed E-state index contributed by atoms with van der Waals surface area (Å²) in [6, 6.07) is 7.47. The molecule has 1 atom stereocenters. The van der Waals surface area contributed by atoms with Crippen molar-refractivity contribution >= 4 is 0 Å². The highest BCUT2D eigenvalue weighted by Crippen LogP contribution is 2.52. The van der Waals surface area contributed by atoms with Crippen LogP contribution in [0.5, 0.6) is 23.0 Å². The molecule has 1 fully saturated rings. The summed E-state index contributed by atoms with van der Waals surface area (Å²) in [6.45, 7) is 2.87. The van der Waals surface area contributed by atoms with Gasteiger partial charge in [0.2, 0.25) is 11.5 Å². The van der Waals surface area contributed by atoms with Crippen LogP contribution in [0.1, 0.15) is 34.6 Å². The van der Waals surface area contributed by atoms with Gasteiger partial charge in [0, 0.05) is 16.7 Å². The van der Waals surface area contributed by atoms with Gasteiger partial charge in [0.15, 0.2) is 17.8 Å². The molecule has 7 heteroatoms. The highest BCUT2D eigenvalue weighted by Gasteiger charge is 2.32. The van der Waals surface area contributed by atoms with E-state index in [0.717, 1.165) is 5.56 Å². The van der Waals surface area contributed by atoms with E-state index in [0.29, 0.717) is 52.9 Å². The van der Waals surface area contributed by atoms with Gasteiger partial charge in [-0.05, 0) is 12.5 Å². The number of ether oxygens (including phenoxy) is 6. The third-order valence-corrected chi connectivity index (χ3v) is 4.86. The molecule has 1 saturated heterocycles. The summed E-state index contributed by atoms with van der Waals surface area (Å²) in [5.74, 6) is 1.62. The normalized spacial score (nSPS) is 15.4. The van der Waals surface area contributed by atoms with Crippen LogP contribution in [0.4, 0.5) is 0 Å². The van der Waals surface area contributed by atoms with Crippen molar-refractivity contribution < 1.29 is 33.5 Å². The van der Waals surface area contributed by atoms with E-state index in [2.05, 4.69) is 0 Å². The summed E-state index contributed by atoms with van der Waals surface area (Å²) in [6.07, 6.45) is -1.54. The van der Waals surface area contributed by atoms with E-state index < -0.39 is 12.4 Å². The molecule has 2 aromatic carbocycles. The second-order valence-electron chi connectivity index (χ2n) is 6.28. The maximum atomic E-state index is 11.4. The minimum atomic E-state index is -1.02. The first-order chi connectivity index (χ1) is 13.6. The third kappa shape index (κ3) is 3.37. The molecule has 0 spiro atoms. The molecule has 0 aliphatic carbocycles. The Morgan fingerprint density at radius 3 is 1.96 bits per heavy atom. The zero-order valence-corrected chi connectivity index (χ0v) is 16.8. The molecule has 1 heterocycles. The van der Waals surface area contributed by atoms with Crippen molar-refractivity contribution in [2.75, 3.05) is 41.7 Å². The topological polar surface area (TPSA) is 75.6 Å². The summed E-state index contributed by atoms with van der Waals surface area (Å²) in [5, 5.41) is 11.4. The van der Waals surface area contributed by atoms with Gasteiger partial charge in [-0.1, -0.05) is 24.3 Å². The van der Waals surface area contributed by atoms with E-state index in [-0.39, 0.29) is 0 Å². The molecule has 3 rings (SSSR count). The van der Waals surface area contributed by atoms with Gasteiger partial charge in [-0.3, -0.25) is 0 Å². The fourth-order valence-corrected chi connectivity index (χ4v) is 3.61. The Kier molecular flexibility index (Phi) is 6.28. The van der Waals surface area contributed by atoms with Crippen LogP contribution in [0.25, 0.3) is 0 Å². The van der Waals surface area contributed by atoms with Crippen molar-refractivity contribution in [1.82, 2.24) is 0 Å². The summed E-state index contributed by atoms with van der Waals surface area (Å²) in [5.41, 5.74) is 2.64. The second-order valence-corrected chi connectivity index (χ2v) is 6.28. The predicted octanol–water partition coefficient (Wildman–Crippen LogP) is 3.16.